The van der Waals surface area contributed by atoms with E-state index in [-0.39, 0.29) is 0 Å². The Bertz CT molecular complexity index is 554. The van der Waals surface area contributed by atoms with E-state index in [1.807, 2.05) is 6.07 Å². The SMILES string of the molecule is CCCCCOc1nc(CNCCC)cc2ccccc12. The molecule has 0 aliphatic heterocycles. The smallest absolute Gasteiger partial charge is 0.221 e. The van der Waals surface area contributed by atoms with Gasteiger partial charge in [0.1, 0.15) is 0 Å². The molecule has 3 nitrogen and oxygen atoms in total. The van der Waals surface area contributed by atoms with Crippen LogP contribution in [0.15, 0.2) is 30.3 Å². The fourth-order valence-corrected chi connectivity index (χ4v) is 2.33. The van der Waals surface area contributed by atoms with Gasteiger partial charge >= 0.3 is 0 Å². The highest BCUT2D eigenvalue weighted by Crippen LogP contribution is 2.24. The standard InChI is InChI=1S/C18H26N2O/c1-3-5-8-12-21-18-17-10-7-6-9-15(17)13-16(20-18)14-19-11-4-2/h6-7,9-10,13,19H,3-5,8,11-12,14H2,1-2H3. The molecular formula is C18H26N2O. The zero-order valence-electron chi connectivity index (χ0n) is 13.2. The van der Waals surface area contributed by atoms with Gasteiger partial charge in [-0.05, 0) is 36.9 Å². The molecule has 0 spiro atoms. The molecule has 2 aromatic rings. The Morgan fingerprint density at radius 1 is 1.10 bits per heavy atom. The van der Waals surface area contributed by atoms with Gasteiger partial charge in [-0.2, -0.15) is 0 Å². The fourth-order valence-electron chi connectivity index (χ4n) is 2.33. The van der Waals surface area contributed by atoms with E-state index in [4.69, 9.17) is 4.74 Å². The van der Waals surface area contributed by atoms with E-state index >= 15 is 0 Å². The molecule has 1 heterocycles. The van der Waals surface area contributed by atoms with E-state index in [0.29, 0.717) is 0 Å². The van der Waals surface area contributed by atoms with Crippen molar-refractivity contribution >= 4 is 10.8 Å². The van der Waals surface area contributed by atoms with E-state index in [2.05, 4.69) is 48.4 Å². The van der Waals surface area contributed by atoms with Crippen molar-refractivity contribution in [1.82, 2.24) is 10.3 Å². The van der Waals surface area contributed by atoms with Crippen LogP contribution in [0.3, 0.4) is 0 Å². The van der Waals surface area contributed by atoms with Crippen LogP contribution in [0.5, 0.6) is 5.88 Å². The summed E-state index contributed by atoms with van der Waals surface area (Å²) in [7, 11) is 0. The first-order valence-corrected chi connectivity index (χ1v) is 8.07. The summed E-state index contributed by atoms with van der Waals surface area (Å²) >= 11 is 0. The van der Waals surface area contributed by atoms with Crippen LogP contribution in [0.1, 0.15) is 45.2 Å². The van der Waals surface area contributed by atoms with Crippen LogP contribution in [-0.2, 0) is 6.54 Å². The number of pyridine rings is 1. The molecule has 114 valence electrons. The largest absolute Gasteiger partial charge is 0.477 e. The Morgan fingerprint density at radius 2 is 1.95 bits per heavy atom. The maximum Gasteiger partial charge on any atom is 0.221 e. The Balaban J connectivity index is 2.14. The lowest BCUT2D eigenvalue weighted by Gasteiger charge is -2.11. The first-order valence-electron chi connectivity index (χ1n) is 8.07. The third-order valence-electron chi connectivity index (χ3n) is 3.48. The lowest BCUT2D eigenvalue weighted by atomic mass is 10.1. The first-order chi connectivity index (χ1) is 10.3. The Morgan fingerprint density at radius 3 is 2.76 bits per heavy atom. The Labute approximate surface area is 127 Å². The molecule has 1 N–H and O–H groups in total. The molecule has 0 radical (unpaired) electrons. The van der Waals surface area contributed by atoms with Crippen molar-refractivity contribution in [1.29, 1.82) is 0 Å². The quantitative estimate of drug-likeness (QED) is 0.698. The topological polar surface area (TPSA) is 34.1 Å². The van der Waals surface area contributed by atoms with Crippen molar-refractivity contribution in [2.75, 3.05) is 13.2 Å². The molecule has 0 saturated carbocycles. The van der Waals surface area contributed by atoms with Crippen molar-refractivity contribution < 1.29 is 4.74 Å². The zero-order valence-corrected chi connectivity index (χ0v) is 13.2. The van der Waals surface area contributed by atoms with Crippen LogP contribution in [0.25, 0.3) is 10.8 Å². The van der Waals surface area contributed by atoms with Crippen molar-refractivity contribution in [3.63, 3.8) is 0 Å². The summed E-state index contributed by atoms with van der Waals surface area (Å²) in [4.78, 5) is 4.69. The van der Waals surface area contributed by atoms with E-state index in [1.165, 1.54) is 18.2 Å². The van der Waals surface area contributed by atoms with Crippen LogP contribution in [0.2, 0.25) is 0 Å². The maximum atomic E-state index is 5.93. The summed E-state index contributed by atoms with van der Waals surface area (Å²) in [5, 5.41) is 5.71. The summed E-state index contributed by atoms with van der Waals surface area (Å²) in [6.07, 6.45) is 4.63. The van der Waals surface area contributed by atoms with Crippen molar-refractivity contribution in [2.45, 2.75) is 46.1 Å². The van der Waals surface area contributed by atoms with Gasteiger partial charge in [0.05, 0.1) is 12.3 Å². The molecule has 0 saturated heterocycles. The van der Waals surface area contributed by atoms with Crippen molar-refractivity contribution in [3.8, 4) is 5.88 Å². The number of unbranched alkanes of at least 4 members (excludes halogenated alkanes) is 2. The second-order valence-corrected chi connectivity index (χ2v) is 5.37. The number of fused-ring (bicyclic) bond motifs is 1. The molecule has 1 aromatic carbocycles. The van der Waals surface area contributed by atoms with Crippen LogP contribution in [-0.4, -0.2) is 18.1 Å². The lowest BCUT2D eigenvalue weighted by molar-refractivity contribution is 0.298. The van der Waals surface area contributed by atoms with Gasteiger partial charge in [0, 0.05) is 11.9 Å². The second kappa shape index (κ2) is 8.63. The number of benzene rings is 1. The molecule has 0 bridgehead atoms. The highest BCUT2D eigenvalue weighted by molar-refractivity contribution is 5.87. The van der Waals surface area contributed by atoms with Gasteiger partial charge in [0.2, 0.25) is 5.88 Å². The molecule has 21 heavy (non-hydrogen) atoms. The average Bonchev–Trinajstić information content (AvgIpc) is 2.52. The third kappa shape index (κ3) is 4.71. The zero-order chi connectivity index (χ0) is 14.9. The van der Waals surface area contributed by atoms with Crippen LogP contribution < -0.4 is 10.1 Å². The predicted molar refractivity (Wildman–Crippen MR) is 88.8 cm³/mol. The maximum absolute atomic E-state index is 5.93. The van der Waals surface area contributed by atoms with E-state index < -0.39 is 0 Å². The number of aromatic nitrogens is 1. The van der Waals surface area contributed by atoms with Gasteiger partial charge in [-0.15, -0.1) is 0 Å². The Kier molecular flexibility index (Phi) is 6.48. The van der Waals surface area contributed by atoms with Gasteiger partial charge < -0.3 is 10.1 Å². The number of hydrogen-bond acceptors (Lipinski definition) is 3. The third-order valence-corrected chi connectivity index (χ3v) is 3.48. The van der Waals surface area contributed by atoms with Crippen molar-refractivity contribution in [3.05, 3.63) is 36.0 Å². The van der Waals surface area contributed by atoms with E-state index in [9.17, 15) is 0 Å². The van der Waals surface area contributed by atoms with E-state index in [0.717, 1.165) is 49.5 Å². The molecule has 0 unspecified atom stereocenters. The molecule has 1 aromatic heterocycles. The highest BCUT2D eigenvalue weighted by Gasteiger charge is 2.07. The molecule has 2 rings (SSSR count). The van der Waals surface area contributed by atoms with Crippen molar-refractivity contribution in [2.24, 2.45) is 0 Å². The van der Waals surface area contributed by atoms with Gasteiger partial charge in [-0.25, -0.2) is 4.98 Å². The number of rotatable bonds is 9. The minimum Gasteiger partial charge on any atom is -0.477 e. The van der Waals surface area contributed by atoms with Gasteiger partial charge in [-0.3, -0.25) is 0 Å². The number of ether oxygens (including phenoxy) is 1. The molecule has 3 heteroatoms. The molecule has 0 atom stereocenters. The summed E-state index contributed by atoms with van der Waals surface area (Å²) < 4.78 is 5.93. The number of nitrogens with zero attached hydrogens (tertiary/aromatic N) is 1. The predicted octanol–water partition coefficient (Wildman–Crippen LogP) is 4.30. The molecule has 0 aliphatic rings. The minimum absolute atomic E-state index is 0.747. The van der Waals surface area contributed by atoms with E-state index in [1.54, 1.807) is 0 Å². The molecule has 0 amide bonds. The number of hydrogen-bond donors (Lipinski definition) is 1. The minimum atomic E-state index is 0.747. The fraction of sp³-hybridized carbons (Fsp3) is 0.500. The summed E-state index contributed by atoms with van der Waals surface area (Å²) in [6.45, 7) is 6.93. The van der Waals surface area contributed by atoms with Gasteiger partial charge in [0.15, 0.2) is 0 Å². The van der Waals surface area contributed by atoms with Gasteiger partial charge in [-0.1, -0.05) is 44.9 Å². The molecule has 0 fully saturated rings. The normalized spacial score (nSPS) is 11.0. The van der Waals surface area contributed by atoms with Gasteiger partial charge in [0.25, 0.3) is 0 Å². The molecule has 0 aliphatic carbocycles. The monoisotopic (exact) mass is 286 g/mol. The summed E-state index contributed by atoms with van der Waals surface area (Å²) in [6, 6.07) is 10.5. The highest BCUT2D eigenvalue weighted by atomic mass is 16.5. The van der Waals surface area contributed by atoms with Crippen LogP contribution in [0, 0.1) is 0 Å². The molecular weight excluding hydrogens is 260 g/mol. The Hall–Kier alpha value is -1.61. The summed E-state index contributed by atoms with van der Waals surface area (Å²) in [5.41, 5.74) is 1.05. The van der Waals surface area contributed by atoms with Crippen LogP contribution in [0.4, 0.5) is 0 Å². The first kappa shape index (κ1) is 15.8. The lowest BCUT2D eigenvalue weighted by Crippen LogP contribution is -2.15. The second-order valence-electron chi connectivity index (χ2n) is 5.37. The average molecular weight is 286 g/mol. The number of nitrogens with one attached hydrogen (secondary N) is 1. The van der Waals surface area contributed by atoms with Crippen LogP contribution >= 0.6 is 0 Å². The summed E-state index contributed by atoms with van der Waals surface area (Å²) in [5.74, 6) is 0.775.